The molecule has 24 heavy (non-hydrogen) atoms. The molecule has 3 rings (SSSR count). The molecule has 1 heterocycles. The van der Waals surface area contributed by atoms with E-state index in [0.717, 1.165) is 5.56 Å². The number of ketones is 1. The number of Topliss-reactive ketones (excluding diaryl/α,β-unsaturated/α-hetero) is 1. The van der Waals surface area contributed by atoms with Crippen molar-refractivity contribution in [2.75, 3.05) is 0 Å². The van der Waals surface area contributed by atoms with Crippen LogP contribution in [0.4, 0.5) is 0 Å². The van der Waals surface area contributed by atoms with Gasteiger partial charge in [-0.15, -0.1) is 0 Å². The highest BCUT2D eigenvalue weighted by Gasteiger charge is 2.44. The fourth-order valence-electron chi connectivity index (χ4n) is 3.42. The normalized spacial score (nSPS) is 23.0. The third-order valence-corrected chi connectivity index (χ3v) is 4.68. The van der Waals surface area contributed by atoms with E-state index in [4.69, 9.17) is 27.8 Å². The lowest BCUT2D eigenvalue weighted by Crippen LogP contribution is -2.36. The average Bonchev–Trinajstić information content (AvgIpc) is 2.44. The predicted octanol–water partition coefficient (Wildman–Crippen LogP) is 2.75. The lowest BCUT2D eigenvalue weighted by Gasteiger charge is -2.37. The van der Waals surface area contributed by atoms with Crippen LogP contribution in [0.15, 0.2) is 47.1 Å². The van der Waals surface area contributed by atoms with Crippen LogP contribution >= 0.6 is 11.6 Å². The summed E-state index contributed by atoms with van der Waals surface area (Å²) < 4.78 is 5.63. The highest BCUT2D eigenvalue weighted by atomic mass is 35.5. The van der Waals surface area contributed by atoms with E-state index in [9.17, 15) is 9.59 Å². The van der Waals surface area contributed by atoms with Gasteiger partial charge in [0.25, 0.3) is 5.91 Å². The van der Waals surface area contributed by atoms with Crippen molar-refractivity contribution in [1.82, 2.24) is 0 Å². The minimum Gasteiger partial charge on any atom is -0.445 e. The monoisotopic (exact) mass is 346 g/mol. The molecule has 1 atom stereocenters. The molecule has 0 saturated carbocycles. The number of ether oxygens (including phenoxy) is 1. The van der Waals surface area contributed by atoms with Crippen molar-refractivity contribution in [3.8, 4) is 0 Å². The van der Waals surface area contributed by atoms with Crippen LogP contribution in [0.1, 0.15) is 38.2 Å². The minimum atomic E-state index is -0.698. The van der Waals surface area contributed by atoms with E-state index in [1.807, 2.05) is 13.8 Å². The number of amides is 1. The van der Waals surface area contributed by atoms with Gasteiger partial charge in [-0.2, -0.15) is 0 Å². The van der Waals surface area contributed by atoms with Crippen LogP contribution in [-0.4, -0.2) is 11.7 Å². The van der Waals surface area contributed by atoms with Crippen LogP contribution in [0, 0.1) is 5.41 Å². The fraction of sp³-hybridized carbons (Fsp3) is 0.333. The molecule has 6 heteroatoms. The summed E-state index contributed by atoms with van der Waals surface area (Å²) in [6.45, 7) is 4.00. The van der Waals surface area contributed by atoms with E-state index < -0.39 is 11.8 Å². The standard InChI is InChI=1S/C18H19ClN2O3/c1-18(2)7-11(22)14-12(8-18)24-17(21)15(16(20)23)13(14)9-3-5-10(19)6-4-9/h3-6,13H,7-8,21H2,1-2H3,(H2,20,23). The number of primary amides is 1. The van der Waals surface area contributed by atoms with E-state index in [1.54, 1.807) is 24.3 Å². The zero-order valence-electron chi connectivity index (χ0n) is 13.6. The fourth-order valence-corrected chi connectivity index (χ4v) is 3.54. The van der Waals surface area contributed by atoms with Gasteiger partial charge in [0.05, 0.1) is 11.5 Å². The highest BCUT2D eigenvalue weighted by molar-refractivity contribution is 6.30. The number of hydrogen-bond acceptors (Lipinski definition) is 4. The van der Waals surface area contributed by atoms with Gasteiger partial charge in [0, 0.05) is 23.4 Å². The third kappa shape index (κ3) is 2.80. The first-order chi connectivity index (χ1) is 11.2. The van der Waals surface area contributed by atoms with Gasteiger partial charge in [-0.1, -0.05) is 37.6 Å². The molecule has 0 fully saturated rings. The van der Waals surface area contributed by atoms with Gasteiger partial charge >= 0.3 is 0 Å². The van der Waals surface area contributed by atoms with E-state index in [-0.39, 0.29) is 22.7 Å². The van der Waals surface area contributed by atoms with E-state index >= 15 is 0 Å². The number of allylic oxidation sites excluding steroid dienone is 2. The number of carbonyl (C=O) groups excluding carboxylic acids is 2. The summed E-state index contributed by atoms with van der Waals surface area (Å²) in [6, 6.07) is 6.95. The number of rotatable bonds is 2. The summed E-state index contributed by atoms with van der Waals surface area (Å²) in [4.78, 5) is 24.8. The number of benzene rings is 1. The van der Waals surface area contributed by atoms with Crippen LogP contribution in [-0.2, 0) is 14.3 Å². The Morgan fingerprint density at radius 3 is 2.46 bits per heavy atom. The molecule has 4 N–H and O–H groups in total. The molecular formula is C18H19ClN2O3. The van der Waals surface area contributed by atoms with Gasteiger partial charge in [0.2, 0.25) is 0 Å². The summed E-state index contributed by atoms with van der Waals surface area (Å²) in [7, 11) is 0. The van der Waals surface area contributed by atoms with Crippen molar-refractivity contribution >= 4 is 23.3 Å². The number of halogens is 1. The summed E-state index contributed by atoms with van der Waals surface area (Å²) >= 11 is 5.95. The largest absolute Gasteiger partial charge is 0.445 e. The van der Waals surface area contributed by atoms with Gasteiger partial charge < -0.3 is 16.2 Å². The molecule has 1 aliphatic carbocycles. The molecule has 1 aromatic carbocycles. The summed E-state index contributed by atoms with van der Waals surface area (Å²) in [5.74, 6) is -0.874. The van der Waals surface area contributed by atoms with Crippen molar-refractivity contribution in [3.63, 3.8) is 0 Å². The SMILES string of the molecule is CC1(C)CC(=O)C2=C(C1)OC(N)=C(C(N)=O)C2c1ccc(Cl)cc1. The predicted molar refractivity (Wildman–Crippen MR) is 90.7 cm³/mol. The van der Waals surface area contributed by atoms with E-state index in [0.29, 0.717) is 29.2 Å². The maximum Gasteiger partial charge on any atom is 0.250 e. The van der Waals surface area contributed by atoms with Crippen LogP contribution in [0.2, 0.25) is 5.02 Å². The Labute approximate surface area is 145 Å². The molecule has 0 radical (unpaired) electrons. The molecule has 1 aromatic rings. The van der Waals surface area contributed by atoms with Crippen molar-refractivity contribution in [3.05, 3.63) is 57.6 Å². The van der Waals surface area contributed by atoms with Crippen molar-refractivity contribution in [1.29, 1.82) is 0 Å². The van der Waals surface area contributed by atoms with Crippen LogP contribution in [0.3, 0.4) is 0 Å². The quantitative estimate of drug-likeness (QED) is 0.860. The van der Waals surface area contributed by atoms with Crippen molar-refractivity contribution < 1.29 is 14.3 Å². The number of carbonyl (C=O) groups is 2. The Hall–Kier alpha value is -2.27. The lowest BCUT2D eigenvalue weighted by molar-refractivity contribution is -0.119. The zero-order chi connectivity index (χ0) is 17.6. The molecule has 0 saturated heterocycles. The molecule has 0 bridgehead atoms. The molecule has 1 unspecified atom stereocenters. The Morgan fingerprint density at radius 1 is 1.25 bits per heavy atom. The van der Waals surface area contributed by atoms with E-state index in [1.165, 1.54) is 0 Å². The minimum absolute atomic E-state index is 0.0355. The van der Waals surface area contributed by atoms with Crippen LogP contribution < -0.4 is 11.5 Å². The summed E-state index contributed by atoms with van der Waals surface area (Å²) in [5, 5.41) is 0.564. The van der Waals surface area contributed by atoms with Gasteiger partial charge in [-0.25, -0.2) is 0 Å². The summed E-state index contributed by atoms with van der Waals surface area (Å²) in [5.41, 5.74) is 12.6. The Balaban J connectivity index is 2.19. The second kappa shape index (κ2) is 5.67. The number of nitrogens with two attached hydrogens (primary N) is 2. The maximum atomic E-state index is 12.8. The van der Waals surface area contributed by atoms with Gasteiger partial charge in [-0.3, -0.25) is 9.59 Å². The first-order valence-corrected chi connectivity index (χ1v) is 8.06. The van der Waals surface area contributed by atoms with Crippen LogP contribution in [0.25, 0.3) is 0 Å². The van der Waals surface area contributed by atoms with Crippen molar-refractivity contribution in [2.24, 2.45) is 16.9 Å². The Bertz CT molecular complexity index is 791. The van der Waals surface area contributed by atoms with Gasteiger partial charge in [0.15, 0.2) is 11.7 Å². The molecular weight excluding hydrogens is 328 g/mol. The van der Waals surface area contributed by atoms with Crippen LogP contribution in [0.5, 0.6) is 0 Å². The first-order valence-electron chi connectivity index (χ1n) is 7.68. The second-order valence-electron chi connectivity index (χ2n) is 7.01. The smallest absolute Gasteiger partial charge is 0.250 e. The van der Waals surface area contributed by atoms with Crippen molar-refractivity contribution in [2.45, 2.75) is 32.6 Å². The third-order valence-electron chi connectivity index (χ3n) is 4.42. The van der Waals surface area contributed by atoms with Gasteiger partial charge in [-0.05, 0) is 23.1 Å². The molecule has 2 aliphatic rings. The molecule has 0 aromatic heterocycles. The molecule has 126 valence electrons. The first kappa shape index (κ1) is 16.6. The Morgan fingerprint density at radius 2 is 1.88 bits per heavy atom. The molecule has 1 amide bonds. The highest BCUT2D eigenvalue weighted by Crippen LogP contribution is 2.47. The molecule has 5 nitrogen and oxygen atoms in total. The molecule has 0 spiro atoms. The lowest BCUT2D eigenvalue weighted by atomic mass is 9.70. The Kier molecular flexibility index (Phi) is 3.92. The topological polar surface area (TPSA) is 95.4 Å². The van der Waals surface area contributed by atoms with E-state index in [2.05, 4.69) is 0 Å². The second-order valence-corrected chi connectivity index (χ2v) is 7.44. The van der Waals surface area contributed by atoms with Gasteiger partial charge in [0.1, 0.15) is 5.76 Å². The number of hydrogen-bond donors (Lipinski definition) is 2. The zero-order valence-corrected chi connectivity index (χ0v) is 14.3. The maximum absolute atomic E-state index is 12.8. The summed E-state index contributed by atoms with van der Waals surface area (Å²) in [6.07, 6.45) is 0.954. The molecule has 1 aliphatic heterocycles. The average molecular weight is 347 g/mol.